The van der Waals surface area contributed by atoms with E-state index in [4.69, 9.17) is 14.2 Å². The fraction of sp³-hybridized carbons (Fsp3) is 0.269. The molecule has 0 spiro atoms. The van der Waals surface area contributed by atoms with Crippen LogP contribution in [-0.4, -0.2) is 13.1 Å². The summed E-state index contributed by atoms with van der Waals surface area (Å²) in [6, 6.07) is 21.7. The van der Waals surface area contributed by atoms with Crippen LogP contribution in [0.25, 0.3) is 0 Å². The van der Waals surface area contributed by atoms with Crippen LogP contribution in [0, 0.1) is 6.92 Å². The van der Waals surface area contributed by atoms with Crippen LogP contribution in [0.15, 0.2) is 66.7 Å². The van der Waals surface area contributed by atoms with Gasteiger partial charge in [-0.25, -0.2) is 4.79 Å². The standard InChI is InChI=1S/C26H28O4/c1-18(2)21-13-11-20(12-14-21)16-29-23-9-6-10-24(15-23)30-17-22-8-5-7-19(3)25(22)26(27)28-4/h5-15,18H,16-17H2,1-4H3. The predicted octanol–water partition coefficient (Wildman–Crippen LogP) is 6.06. The second-order valence-corrected chi connectivity index (χ2v) is 7.55. The highest BCUT2D eigenvalue weighted by Crippen LogP contribution is 2.23. The summed E-state index contributed by atoms with van der Waals surface area (Å²) in [7, 11) is 1.39. The van der Waals surface area contributed by atoms with Crippen molar-refractivity contribution in [2.45, 2.75) is 39.9 Å². The van der Waals surface area contributed by atoms with Gasteiger partial charge in [-0.05, 0) is 41.7 Å². The minimum atomic E-state index is -0.354. The van der Waals surface area contributed by atoms with Crippen molar-refractivity contribution in [1.82, 2.24) is 0 Å². The number of hydrogen-bond donors (Lipinski definition) is 0. The van der Waals surface area contributed by atoms with Gasteiger partial charge in [0.1, 0.15) is 24.7 Å². The van der Waals surface area contributed by atoms with Crippen molar-refractivity contribution in [3.63, 3.8) is 0 Å². The quantitative estimate of drug-likeness (QED) is 0.428. The third-order valence-corrected chi connectivity index (χ3v) is 5.00. The molecule has 0 N–H and O–H groups in total. The summed E-state index contributed by atoms with van der Waals surface area (Å²) in [5.41, 5.74) is 4.64. The number of aryl methyl sites for hydroxylation is 1. The van der Waals surface area contributed by atoms with Crippen LogP contribution in [0.3, 0.4) is 0 Å². The third kappa shape index (κ3) is 5.41. The van der Waals surface area contributed by atoms with Crippen LogP contribution in [-0.2, 0) is 18.0 Å². The molecule has 0 aliphatic heterocycles. The van der Waals surface area contributed by atoms with Gasteiger partial charge in [0.2, 0.25) is 0 Å². The van der Waals surface area contributed by atoms with Crippen molar-refractivity contribution >= 4 is 5.97 Å². The summed E-state index contributed by atoms with van der Waals surface area (Å²) < 4.78 is 16.8. The molecule has 0 fully saturated rings. The Labute approximate surface area is 178 Å². The van der Waals surface area contributed by atoms with Crippen LogP contribution >= 0.6 is 0 Å². The summed E-state index contributed by atoms with van der Waals surface area (Å²) in [6.07, 6.45) is 0. The molecule has 156 valence electrons. The van der Waals surface area contributed by atoms with Gasteiger partial charge >= 0.3 is 5.97 Å². The van der Waals surface area contributed by atoms with Crippen molar-refractivity contribution < 1.29 is 19.0 Å². The first-order valence-corrected chi connectivity index (χ1v) is 10.1. The molecule has 0 unspecified atom stereocenters. The average Bonchev–Trinajstić information content (AvgIpc) is 2.76. The monoisotopic (exact) mass is 404 g/mol. The molecule has 30 heavy (non-hydrogen) atoms. The van der Waals surface area contributed by atoms with Gasteiger partial charge in [-0.3, -0.25) is 0 Å². The lowest BCUT2D eigenvalue weighted by Gasteiger charge is -2.13. The maximum absolute atomic E-state index is 12.1. The number of methoxy groups -OCH3 is 1. The Balaban J connectivity index is 1.64. The molecule has 0 radical (unpaired) electrons. The fourth-order valence-electron chi connectivity index (χ4n) is 3.22. The molecule has 0 amide bonds. The Morgan fingerprint density at radius 2 is 1.50 bits per heavy atom. The highest BCUT2D eigenvalue weighted by atomic mass is 16.5. The van der Waals surface area contributed by atoms with Gasteiger partial charge < -0.3 is 14.2 Å². The second kappa shape index (κ2) is 9.97. The van der Waals surface area contributed by atoms with E-state index < -0.39 is 0 Å². The molecule has 3 rings (SSSR count). The zero-order valence-electron chi connectivity index (χ0n) is 18.0. The summed E-state index contributed by atoms with van der Waals surface area (Å²) in [5.74, 6) is 1.58. The molecular formula is C26H28O4. The van der Waals surface area contributed by atoms with Crippen LogP contribution in [0.1, 0.15) is 52.4 Å². The number of carbonyl (C=O) groups is 1. The smallest absolute Gasteiger partial charge is 0.338 e. The number of carbonyl (C=O) groups excluding carboxylic acids is 1. The zero-order chi connectivity index (χ0) is 21.5. The topological polar surface area (TPSA) is 44.8 Å². The van der Waals surface area contributed by atoms with Crippen molar-refractivity contribution in [2.75, 3.05) is 7.11 Å². The number of benzene rings is 3. The molecule has 0 saturated carbocycles. The van der Waals surface area contributed by atoms with Crippen LogP contribution in [0.2, 0.25) is 0 Å². The SMILES string of the molecule is COC(=O)c1c(C)cccc1COc1cccc(OCc2ccc(C(C)C)cc2)c1. The number of rotatable bonds is 8. The molecule has 0 aliphatic rings. The van der Waals surface area contributed by atoms with Gasteiger partial charge in [0.05, 0.1) is 12.7 Å². The molecule has 0 bridgehead atoms. The van der Waals surface area contributed by atoms with Crippen LogP contribution in [0.5, 0.6) is 11.5 Å². The number of ether oxygens (including phenoxy) is 3. The Kier molecular flexibility index (Phi) is 7.12. The first kappa shape index (κ1) is 21.4. The Hall–Kier alpha value is -3.27. The summed E-state index contributed by atoms with van der Waals surface area (Å²) in [5, 5.41) is 0. The van der Waals surface area contributed by atoms with E-state index in [1.165, 1.54) is 12.7 Å². The van der Waals surface area contributed by atoms with E-state index >= 15 is 0 Å². The van der Waals surface area contributed by atoms with Gasteiger partial charge in [0.25, 0.3) is 0 Å². The molecule has 4 nitrogen and oxygen atoms in total. The predicted molar refractivity (Wildman–Crippen MR) is 118 cm³/mol. The normalized spacial score (nSPS) is 10.7. The van der Waals surface area contributed by atoms with E-state index in [0.717, 1.165) is 22.4 Å². The molecular weight excluding hydrogens is 376 g/mol. The highest BCUT2D eigenvalue weighted by Gasteiger charge is 2.15. The highest BCUT2D eigenvalue weighted by molar-refractivity contribution is 5.92. The van der Waals surface area contributed by atoms with Crippen LogP contribution < -0.4 is 9.47 Å². The van der Waals surface area contributed by atoms with Crippen molar-refractivity contribution in [3.8, 4) is 11.5 Å². The molecule has 0 saturated heterocycles. The van der Waals surface area contributed by atoms with E-state index in [-0.39, 0.29) is 12.6 Å². The average molecular weight is 405 g/mol. The number of hydrogen-bond acceptors (Lipinski definition) is 4. The van der Waals surface area contributed by atoms with Gasteiger partial charge in [0, 0.05) is 11.6 Å². The first-order valence-electron chi connectivity index (χ1n) is 10.1. The molecule has 0 atom stereocenters. The van der Waals surface area contributed by atoms with Crippen molar-refractivity contribution in [2.24, 2.45) is 0 Å². The second-order valence-electron chi connectivity index (χ2n) is 7.55. The number of esters is 1. The third-order valence-electron chi connectivity index (χ3n) is 5.00. The largest absolute Gasteiger partial charge is 0.489 e. The van der Waals surface area contributed by atoms with E-state index in [9.17, 15) is 4.79 Å². The lowest BCUT2D eigenvalue weighted by molar-refractivity contribution is 0.0597. The molecule has 3 aromatic rings. The van der Waals surface area contributed by atoms with E-state index in [2.05, 4.69) is 38.1 Å². The minimum Gasteiger partial charge on any atom is -0.489 e. The van der Waals surface area contributed by atoms with Gasteiger partial charge in [0.15, 0.2) is 0 Å². The van der Waals surface area contributed by atoms with Gasteiger partial charge in [-0.1, -0.05) is 62.4 Å². The molecule has 0 aromatic heterocycles. The summed E-state index contributed by atoms with van der Waals surface area (Å²) in [6.45, 7) is 7.01. The lowest BCUT2D eigenvalue weighted by Crippen LogP contribution is -2.10. The Morgan fingerprint density at radius 1 is 0.867 bits per heavy atom. The fourth-order valence-corrected chi connectivity index (χ4v) is 3.22. The Morgan fingerprint density at radius 3 is 2.13 bits per heavy atom. The van der Waals surface area contributed by atoms with Crippen LogP contribution in [0.4, 0.5) is 0 Å². The Bertz CT molecular complexity index is 990. The molecule has 0 aliphatic carbocycles. The summed E-state index contributed by atoms with van der Waals surface area (Å²) in [4.78, 5) is 12.1. The maximum atomic E-state index is 12.1. The maximum Gasteiger partial charge on any atom is 0.338 e. The zero-order valence-corrected chi connectivity index (χ0v) is 18.0. The first-order chi connectivity index (χ1) is 14.5. The van der Waals surface area contributed by atoms with Crippen molar-refractivity contribution in [1.29, 1.82) is 0 Å². The molecule has 3 aromatic carbocycles. The molecule has 0 heterocycles. The van der Waals surface area contributed by atoms with E-state index in [1.54, 1.807) is 0 Å². The van der Waals surface area contributed by atoms with Crippen molar-refractivity contribution in [3.05, 3.63) is 94.5 Å². The molecule has 4 heteroatoms. The summed E-state index contributed by atoms with van der Waals surface area (Å²) >= 11 is 0. The van der Waals surface area contributed by atoms with E-state index in [1.807, 2.05) is 49.4 Å². The van der Waals surface area contributed by atoms with Gasteiger partial charge in [-0.2, -0.15) is 0 Å². The van der Waals surface area contributed by atoms with Gasteiger partial charge in [-0.15, -0.1) is 0 Å². The van der Waals surface area contributed by atoms with E-state index in [0.29, 0.717) is 23.8 Å². The lowest BCUT2D eigenvalue weighted by atomic mass is 10.0. The minimum absolute atomic E-state index is 0.270.